The second-order valence-corrected chi connectivity index (χ2v) is 4.33. The molecular formula is C15H11F2NO3. The van der Waals surface area contributed by atoms with Crippen molar-refractivity contribution < 1.29 is 23.5 Å². The van der Waals surface area contributed by atoms with Crippen molar-refractivity contribution in [3.05, 3.63) is 65.2 Å². The Morgan fingerprint density at radius 3 is 2.48 bits per heavy atom. The van der Waals surface area contributed by atoms with Crippen LogP contribution in [0.25, 0.3) is 0 Å². The summed E-state index contributed by atoms with van der Waals surface area (Å²) in [6.07, 6.45) is -0.144. The van der Waals surface area contributed by atoms with Crippen molar-refractivity contribution in [2.45, 2.75) is 6.42 Å². The van der Waals surface area contributed by atoms with Crippen molar-refractivity contribution in [1.29, 1.82) is 0 Å². The van der Waals surface area contributed by atoms with Crippen LogP contribution in [0, 0.1) is 11.6 Å². The number of nitrogens with one attached hydrogen (secondary N) is 1. The summed E-state index contributed by atoms with van der Waals surface area (Å²) >= 11 is 0. The molecule has 2 aromatic rings. The summed E-state index contributed by atoms with van der Waals surface area (Å²) in [5.74, 6) is -3.48. The third kappa shape index (κ3) is 3.62. The first-order chi connectivity index (χ1) is 9.97. The summed E-state index contributed by atoms with van der Waals surface area (Å²) in [6.45, 7) is 0. The van der Waals surface area contributed by atoms with Gasteiger partial charge in [0.15, 0.2) is 5.82 Å². The molecule has 6 heteroatoms. The Labute approximate surface area is 119 Å². The zero-order chi connectivity index (χ0) is 15.4. The Morgan fingerprint density at radius 1 is 1.10 bits per heavy atom. The van der Waals surface area contributed by atoms with E-state index in [-0.39, 0.29) is 12.1 Å². The SMILES string of the molecule is O=C(Cc1cccc(F)c1)Nc1cccc(C(=O)O)c1F. The summed E-state index contributed by atoms with van der Waals surface area (Å²) in [7, 11) is 0. The number of hydrogen-bond acceptors (Lipinski definition) is 2. The monoisotopic (exact) mass is 291 g/mol. The van der Waals surface area contributed by atoms with E-state index in [1.165, 1.54) is 30.3 Å². The molecule has 0 aliphatic carbocycles. The number of carboxylic acids is 1. The number of carbonyl (C=O) groups is 2. The summed E-state index contributed by atoms with van der Waals surface area (Å²) in [5, 5.41) is 11.1. The minimum atomic E-state index is -1.42. The summed E-state index contributed by atoms with van der Waals surface area (Å²) in [6, 6.07) is 9.15. The van der Waals surface area contributed by atoms with Gasteiger partial charge in [-0.2, -0.15) is 0 Å². The molecule has 0 aliphatic heterocycles. The van der Waals surface area contributed by atoms with Gasteiger partial charge in [0.05, 0.1) is 17.7 Å². The fourth-order valence-corrected chi connectivity index (χ4v) is 1.82. The van der Waals surface area contributed by atoms with Crippen molar-refractivity contribution in [2.24, 2.45) is 0 Å². The van der Waals surface area contributed by atoms with Crippen molar-refractivity contribution >= 4 is 17.6 Å². The van der Waals surface area contributed by atoms with Gasteiger partial charge >= 0.3 is 5.97 Å². The molecule has 108 valence electrons. The Hall–Kier alpha value is -2.76. The zero-order valence-electron chi connectivity index (χ0n) is 10.8. The molecule has 1 amide bonds. The molecule has 0 heterocycles. The van der Waals surface area contributed by atoms with Crippen LogP contribution in [-0.2, 0) is 11.2 Å². The molecule has 0 saturated heterocycles. The van der Waals surface area contributed by atoms with E-state index in [9.17, 15) is 18.4 Å². The molecule has 0 radical (unpaired) electrons. The molecule has 0 unspecified atom stereocenters. The van der Waals surface area contributed by atoms with Crippen molar-refractivity contribution in [3.63, 3.8) is 0 Å². The van der Waals surface area contributed by atoms with Crippen LogP contribution >= 0.6 is 0 Å². The van der Waals surface area contributed by atoms with Gasteiger partial charge in [0.2, 0.25) is 5.91 Å². The molecule has 0 bridgehead atoms. The summed E-state index contributed by atoms with van der Waals surface area (Å²) < 4.78 is 26.8. The first kappa shape index (κ1) is 14.6. The number of benzene rings is 2. The number of carboxylic acid groups (broad SMARTS) is 1. The van der Waals surface area contributed by atoms with Gasteiger partial charge in [-0.3, -0.25) is 4.79 Å². The summed E-state index contributed by atoms with van der Waals surface area (Å²) in [5.41, 5.74) is -0.322. The van der Waals surface area contributed by atoms with Crippen LogP contribution < -0.4 is 5.32 Å². The van der Waals surface area contributed by atoms with E-state index < -0.39 is 29.1 Å². The first-order valence-corrected chi connectivity index (χ1v) is 6.03. The van der Waals surface area contributed by atoms with E-state index in [1.54, 1.807) is 6.07 Å². The lowest BCUT2D eigenvalue weighted by molar-refractivity contribution is -0.115. The van der Waals surface area contributed by atoms with E-state index in [2.05, 4.69) is 5.32 Å². The van der Waals surface area contributed by atoms with Gasteiger partial charge in [0.1, 0.15) is 5.82 Å². The van der Waals surface area contributed by atoms with Gasteiger partial charge in [0, 0.05) is 0 Å². The van der Waals surface area contributed by atoms with E-state index in [0.29, 0.717) is 5.56 Å². The number of carbonyl (C=O) groups excluding carboxylic acids is 1. The average Bonchev–Trinajstić information content (AvgIpc) is 2.40. The smallest absolute Gasteiger partial charge is 0.338 e. The van der Waals surface area contributed by atoms with Crippen LogP contribution in [0.2, 0.25) is 0 Å². The second-order valence-electron chi connectivity index (χ2n) is 4.33. The fourth-order valence-electron chi connectivity index (χ4n) is 1.82. The fraction of sp³-hybridized carbons (Fsp3) is 0.0667. The third-order valence-electron chi connectivity index (χ3n) is 2.76. The van der Waals surface area contributed by atoms with E-state index in [4.69, 9.17) is 5.11 Å². The van der Waals surface area contributed by atoms with Crippen LogP contribution in [0.5, 0.6) is 0 Å². The van der Waals surface area contributed by atoms with Gasteiger partial charge < -0.3 is 10.4 Å². The number of amides is 1. The maximum absolute atomic E-state index is 13.8. The molecule has 0 fully saturated rings. The maximum atomic E-state index is 13.8. The highest BCUT2D eigenvalue weighted by molar-refractivity contribution is 5.95. The molecule has 0 spiro atoms. The van der Waals surface area contributed by atoms with Crippen LogP contribution in [0.4, 0.5) is 14.5 Å². The highest BCUT2D eigenvalue weighted by atomic mass is 19.1. The maximum Gasteiger partial charge on any atom is 0.338 e. The molecule has 2 N–H and O–H groups in total. The first-order valence-electron chi connectivity index (χ1n) is 6.03. The normalized spacial score (nSPS) is 10.2. The molecular weight excluding hydrogens is 280 g/mol. The van der Waals surface area contributed by atoms with Crippen LogP contribution in [0.15, 0.2) is 42.5 Å². The molecule has 0 aliphatic rings. The number of aromatic carboxylic acids is 1. The number of rotatable bonds is 4. The van der Waals surface area contributed by atoms with E-state index >= 15 is 0 Å². The lowest BCUT2D eigenvalue weighted by Crippen LogP contribution is -2.16. The van der Waals surface area contributed by atoms with Gasteiger partial charge in [0.25, 0.3) is 0 Å². The quantitative estimate of drug-likeness (QED) is 0.910. The molecule has 4 nitrogen and oxygen atoms in total. The van der Waals surface area contributed by atoms with Gasteiger partial charge in [-0.25, -0.2) is 13.6 Å². The highest BCUT2D eigenvalue weighted by Crippen LogP contribution is 2.18. The number of anilines is 1. The largest absolute Gasteiger partial charge is 0.478 e. The molecule has 2 rings (SSSR count). The Morgan fingerprint density at radius 2 is 1.81 bits per heavy atom. The standard InChI is InChI=1S/C15H11F2NO3/c16-10-4-1-3-9(7-10)8-13(19)18-12-6-2-5-11(14(12)17)15(20)21/h1-7H,8H2,(H,18,19)(H,20,21). The molecule has 0 aromatic heterocycles. The number of halogens is 2. The molecule has 0 atom stereocenters. The minimum absolute atomic E-state index is 0.144. The highest BCUT2D eigenvalue weighted by Gasteiger charge is 2.15. The van der Waals surface area contributed by atoms with E-state index in [0.717, 1.165) is 6.07 Å². The van der Waals surface area contributed by atoms with Gasteiger partial charge in [-0.15, -0.1) is 0 Å². The second kappa shape index (κ2) is 6.13. The minimum Gasteiger partial charge on any atom is -0.478 e. The van der Waals surface area contributed by atoms with Gasteiger partial charge in [-0.1, -0.05) is 18.2 Å². The van der Waals surface area contributed by atoms with Crippen LogP contribution in [0.3, 0.4) is 0 Å². The van der Waals surface area contributed by atoms with Crippen molar-refractivity contribution in [2.75, 3.05) is 5.32 Å². The predicted octanol–water partition coefficient (Wildman–Crippen LogP) is 2.84. The Balaban J connectivity index is 2.13. The summed E-state index contributed by atoms with van der Waals surface area (Å²) in [4.78, 5) is 22.6. The Bertz CT molecular complexity index is 701. The molecule has 0 saturated carbocycles. The number of hydrogen-bond donors (Lipinski definition) is 2. The van der Waals surface area contributed by atoms with Crippen LogP contribution in [-0.4, -0.2) is 17.0 Å². The van der Waals surface area contributed by atoms with E-state index in [1.807, 2.05) is 0 Å². The van der Waals surface area contributed by atoms with Crippen molar-refractivity contribution in [3.8, 4) is 0 Å². The molecule has 2 aromatic carbocycles. The zero-order valence-corrected chi connectivity index (χ0v) is 10.8. The van der Waals surface area contributed by atoms with Gasteiger partial charge in [-0.05, 0) is 29.8 Å². The third-order valence-corrected chi connectivity index (χ3v) is 2.76. The predicted molar refractivity (Wildman–Crippen MR) is 72.1 cm³/mol. The van der Waals surface area contributed by atoms with Crippen molar-refractivity contribution in [1.82, 2.24) is 0 Å². The molecule has 21 heavy (non-hydrogen) atoms. The average molecular weight is 291 g/mol. The van der Waals surface area contributed by atoms with Crippen LogP contribution in [0.1, 0.15) is 15.9 Å². The lowest BCUT2D eigenvalue weighted by atomic mass is 10.1. The lowest BCUT2D eigenvalue weighted by Gasteiger charge is -2.08. The Kier molecular flexibility index (Phi) is 4.27. The topological polar surface area (TPSA) is 66.4 Å².